The number of ether oxygens (including phenoxy) is 3. The molecule has 0 atom stereocenters. The number of rotatable bonds is 10. The Morgan fingerprint density at radius 2 is 1.35 bits per heavy atom. The van der Waals surface area contributed by atoms with Crippen molar-refractivity contribution in [2.45, 2.75) is 0 Å². The maximum atomic E-state index is 12.8. The van der Waals surface area contributed by atoms with Crippen LogP contribution in [-0.4, -0.2) is 38.9 Å². The van der Waals surface area contributed by atoms with Gasteiger partial charge >= 0.3 is 12.1 Å². The van der Waals surface area contributed by atoms with Crippen LogP contribution in [0.15, 0.2) is 96.1 Å². The number of urea groups is 2. The van der Waals surface area contributed by atoms with Gasteiger partial charge in [0.15, 0.2) is 18.2 Å². The lowest BCUT2D eigenvalue weighted by molar-refractivity contribution is 0.0966. The lowest BCUT2D eigenvalue weighted by atomic mass is 10.1. The molecule has 4 aromatic rings. The predicted octanol–water partition coefficient (Wildman–Crippen LogP) is 6.62. The summed E-state index contributed by atoms with van der Waals surface area (Å²) in [4.78, 5) is 40.6. The molecule has 5 amide bonds. The second-order valence-corrected chi connectivity index (χ2v) is 8.73. The number of azide groups is 1. The average molecular weight is 582 g/mol. The lowest BCUT2D eigenvalue weighted by Crippen LogP contribution is -2.34. The number of nitrogens with zero attached hydrogens (tertiary/aromatic N) is 3. The van der Waals surface area contributed by atoms with Crippen molar-refractivity contribution in [3.8, 4) is 28.4 Å². The number of benzene rings is 4. The van der Waals surface area contributed by atoms with E-state index < -0.39 is 18.0 Å². The minimum atomic E-state index is -0.823. The first-order valence-corrected chi connectivity index (χ1v) is 12.8. The zero-order chi connectivity index (χ0) is 30.6. The Morgan fingerprint density at radius 1 is 0.721 bits per heavy atom. The third-order valence-corrected chi connectivity index (χ3v) is 5.90. The van der Waals surface area contributed by atoms with Crippen molar-refractivity contribution in [3.05, 3.63) is 107 Å². The predicted molar refractivity (Wildman–Crippen MR) is 162 cm³/mol. The van der Waals surface area contributed by atoms with Gasteiger partial charge in [0.05, 0.1) is 14.2 Å². The summed E-state index contributed by atoms with van der Waals surface area (Å²) in [6.07, 6.45) is 0. The number of anilines is 3. The van der Waals surface area contributed by atoms with Gasteiger partial charge in [0.25, 0.3) is 5.91 Å². The van der Waals surface area contributed by atoms with Crippen molar-refractivity contribution in [2.75, 3.05) is 36.9 Å². The highest BCUT2D eigenvalue weighted by Crippen LogP contribution is 2.38. The molecular formula is C30H27N7O6. The van der Waals surface area contributed by atoms with Crippen LogP contribution in [0.25, 0.3) is 21.6 Å². The number of carbonyl (C=O) groups excluding carboxylic acids is 3. The van der Waals surface area contributed by atoms with Gasteiger partial charge in [-0.15, -0.1) is 0 Å². The molecule has 4 rings (SSSR count). The van der Waals surface area contributed by atoms with Crippen LogP contribution in [0.2, 0.25) is 0 Å². The van der Waals surface area contributed by atoms with Crippen LogP contribution in [-0.2, 0) is 0 Å². The first kappa shape index (κ1) is 29.8. The van der Waals surface area contributed by atoms with E-state index in [4.69, 9.17) is 19.7 Å². The third kappa shape index (κ3) is 8.16. The summed E-state index contributed by atoms with van der Waals surface area (Å²) in [6.45, 7) is -0.357. The summed E-state index contributed by atoms with van der Waals surface area (Å²) in [6, 6.07) is 25.1. The molecule has 13 heteroatoms. The Labute approximate surface area is 246 Å². The monoisotopic (exact) mass is 581 g/mol. The first-order chi connectivity index (χ1) is 20.9. The molecule has 0 bridgehead atoms. The van der Waals surface area contributed by atoms with E-state index in [-0.39, 0.29) is 29.5 Å². The summed E-state index contributed by atoms with van der Waals surface area (Å²) in [7, 11) is 2.74. The van der Waals surface area contributed by atoms with E-state index in [0.717, 1.165) is 11.1 Å². The van der Waals surface area contributed by atoms with Gasteiger partial charge in [-0.2, -0.15) is 0 Å². The lowest BCUT2D eigenvalue weighted by Gasteiger charge is -2.15. The molecule has 4 N–H and O–H groups in total. The standard InChI is InChI=1S/C30H27N7O6/c1-41-25-15-21(16-26(27(25)42-2)43-18-32-37-31)28(38)36-30(40)35-24-10-6-9-23(17-24)34-29(39)33-22-13-11-20(12-14-22)19-7-4-3-5-8-19/h3-17H,18H2,1-2H3,(H2,33,34,39)(H2,35,36,38,40). The second kappa shape index (κ2) is 14.4. The fourth-order valence-corrected chi connectivity index (χ4v) is 3.97. The van der Waals surface area contributed by atoms with E-state index >= 15 is 0 Å². The van der Waals surface area contributed by atoms with Gasteiger partial charge in [-0.1, -0.05) is 53.6 Å². The minimum Gasteiger partial charge on any atom is -0.493 e. The van der Waals surface area contributed by atoms with Gasteiger partial charge < -0.3 is 30.2 Å². The molecule has 13 nitrogen and oxygen atoms in total. The van der Waals surface area contributed by atoms with Gasteiger partial charge in [-0.05, 0) is 59.1 Å². The van der Waals surface area contributed by atoms with Crippen LogP contribution in [0.1, 0.15) is 10.4 Å². The van der Waals surface area contributed by atoms with Crippen LogP contribution < -0.4 is 35.5 Å². The average Bonchev–Trinajstić information content (AvgIpc) is 3.01. The molecule has 0 saturated heterocycles. The molecule has 0 fully saturated rings. The Bertz CT molecular complexity index is 1660. The number of carbonyl (C=O) groups is 3. The molecule has 218 valence electrons. The highest BCUT2D eigenvalue weighted by atomic mass is 16.5. The molecule has 0 aliphatic carbocycles. The smallest absolute Gasteiger partial charge is 0.326 e. The summed E-state index contributed by atoms with van der Waals surface area (Å²) in [5.41, 5.74) is 11.9. The number of amides is 5. The van der Waals surface area contributed by atoms with Gasteiger partial charge in [0, 0.05) is 27.5 Å². The molecule has 0 heterocycles. The minimum absolute atomic E-state index is 0.0210. The molecule has 43 heavy (non-hydrogen) atoms. The summed E-state index contributed by atoms with van der Waals surface area (Å²) < 4.78 is 15.9. The SMILES string of the molecule is COc1cc(C(=O)NC(=O)Nc2cccc(NC(=O)Nc3ccc(-c4ccccc4)cc3)c2)cc(OCN=[N+]=[N-])c1OC. The highest BCUT2D eigenvalue weighted by Gasteiger charge is 2.19. The van der Waals surface area contributed by atoms with E-state index in [1.54, 1.807) is 30.3 Å². The molecule has 0 unspecified atom stereocenters. The maximum Gasteiger partial charge on any atom is 0.326 e. The van der Waals surface area contributed by atoms with Gasteiger partial charge in [-0.25, -0.2) is 9.59 Å². The normalized spacial score (nSPS) is 10.0. The molecule has 0 spiro atoms. The van der Waals surface area contributed by atoms with E-state index in [1.807, 2.05) is 42.5 Å². The largest absolute Gasteiger partial charge is 0.493 e. The van der Waals surface area contributed by atoms with Crippen LogP contribution >= 0.6 is 0 Å². The van der Waals surface area contributed by atoms with Crippen molar-refractivity contribution in [1.29, 1.82) is 0 Å². The molecule has 0 aliphatic rings. The molecular weight excluding hydrogens is 554 g/mol. The van der Waals surface area contributed by atoms with Crippen molar-refractivity contribution < 1.29 is 28.6 Å². The second-order valence-electron chi connectivity index (χ2n) is 8.73. The maximum absolute atomic E-state index is 12.8. The van der Waals surface area contributed by atoms with Crippen molar-refractivity contribution >= 4 is 35.0 Å². The third-order valence-electron chi connectivity index (χ3n) is 5.90. The Balaban J connectivity index is 1.35. The Morgan fingerprint density at radius 3 is 2.00 bits per heavy atom. The topological polar surface area (TPSA) is 176 Å². The summed E-state index contributed by atoms with van der Waals surface area (Å²) in [5.74, 6) is -0.354. The van der Waals surface area contributed by atoms with Gasteiger partial charge in [0.2, 0.25) is 5.75 Å². The van der Waals surface area contributed by atoms with Crippen LogP contribution in [0.3, 0.4) is 0 Å². The van der Waals surface area contributed by atoms with E-state index in [0.29, 0.717) is 17.1 Å². The number of nitrogens with one attached hydrogen (secondary N) is 4. The van der Waals surface area contributed by atoms with Crippen LogP contribution in [0.4, 0.5) is 26.7 Å². The molecule has 0 radical (unpaired) electrons. The zero-order valence-corrected chi connectivity index (χ0v) is 23.2. The Hall–Kier alpha value is -6.20. The zero-order valence-electron chi connectivity index (χ0n) is 23.2. The summed E-state index contributed by atoms with van der Waals surface area (Å²) in [5, 5.41) is 13.5. The van der Waals surface area contributed by atoms with Crippen molar-refractivity contribution in [1.82, 2.24) is 5.32 Å². The van der Waals surface area contributed by atoms with E-state index in [1.165, 1.54) is 32.4 Å². The molecule has 0 aromatic heterocycles. The van der Waals surface area contributed by atoms with Crippen molar-refractivity contribution in [3.63, 3.8) is 0 Å². The fraction of sp³-hybridized carbons (Fsp3) is 0.100. The Kier molecular flexibility index (Phi) is 10.00. The highest BCUT2D eigenvalue weighted by molar-refractivity contribution is 6.08. The fourth-order valence-electron chi connectivity index (χ4n) is 3.97. The van der Waals surface area contributed by atoms with E-state index in [2.05, 4.69) is 31.3 Å². The van der Waals surface area contributed by atoms with E-state index in [9.17, 15) is 14.4 Å². The molecule has 0 aliphatic heterocycles. The summed E-state index contributed by atoms with van der Waals surface area (Å²) >= 11 is 0. The number of hydrogen-bond acceptors (Lipinski definition) is 7. The van der Waals surface area contributed by atoms with Crippen molar-refractivity contribution in [2.24, 2.45) is 5.11 Å². The quantitative estimate of drug-likeness (QED) is 0.0929. The number of methoxy groups -OCH3 is 2. The molecule has 0 saturated carbocycles. The van der Waals surface area contributed by atoms with Gasteiger partial charge in [-0.3, -0.25) is 10.1 Å². The number of hydrogen-bond donors (Lipinski definition) is 4. The molecule has 4 aromatic carbocycles. The first-order valence-electron chi connectivity index (χ1n) is 12.8. The van der Waals surface area contributed by atoms with Crippen LogP contribution in [0.5, 0.6) is 17.2 Å². The number of imide groups is 1. The van der Waals surface area contributed by atoms with Gasteiger partial charge in [0.1, 0.15) is 0 Å². The van der Waals surface area contributed by atoms with Crippen LogP contribution in [0, 0.1) is 0 Å².